The topological polar surface area (TPSA) is 64.7 Å². The van der Waals surface area contributed by atoms with E-state index in [-0.39, 0.29) is 5.82 Å². The third-order valence-corrected chi connectivity index (χ3v) is 5.23. The summed E-state index contributed by atoms with van der Waals surface area (Å²) in [6, 6.07) is 24.9. The van der Waals surface area contributed by atoms with Crippen LogP contribution in [0.2, 0.25) is 5.02 Å². The molecule has 0 aliphatic rings. The van der Waals surface area contributed by atoms with E-state index in [1.807, 2.05) is 6.07 Å². The van der Waals surface area contributed by atoms with Crippen molar-refractivity contribution >= 4 is 40.6 Å². The van der Waals surface area contributed by atoms with Crippen LogP contribution in [0.1, 0.15) is 15.9 Å². The third-order valence-electron chi connectivity index (χ3n) is 4.98. The maximum Gasteiger partial charge on any atom is 0.343 e. The maximum absolute atomic E-state index is 13.5. The van der Waals surface area contributed by atoms with Gasteiger partial charge in [-0.25, -0.2) is 14.2 Å². The molecule has 5 aromatic rings. The van der Waals surface area contributed by atoms with Crippen molar-refractivity contribution in [1.82, 2.24) is 4.98 Å². The number of aromatic nitrogens is 1. The molecule has 34 heavy (non-hydrogen) atoms. The standard InChI is InChI=1S/C27H16ClFN2O3/c28-20-8-6-18(7-9-20)27(32)33-23-11-4-17(5-12-23)16-30-22-10-13-25-24(15-22)31-26(34-25)19-2-1-3-21(29)14-19/h1-16H. The molecule has 0 amide bonds. The average molecular weight is 471 g/mol. The van der Waals surface area contributed by atoms with Crippen molar-refractivity contribution in [3.63, 3.8) is 0 Å². The van der Waals surface area contributed by atoms with Crippen LogP contribution in [0.3, 0.4) is 0 Å². The molecule has 1 aromatic heterocycles. The molecule has 0 radical (unpaired) electrons. The Kier molecular flexibility index (Phi) is 5.89. The lowest BCUT2D eigenvalue weighted by Crippen LogP contribution is -2.08. The molecule has 0 saturated carbocycles. The number of fused-ring (bicyclic) bond motifs is 1. The van der Waals surface area contributed by atoms with Crippen LogP contribution in [-0.4, -0.2) is 17.2 Å². The molecule has 5 nitrogen and oxygen atoms in total. The first-order valence-corrected chi connectivity index (χ1v) is 10.7. The first-order chi connectivity index (χ1) is 16.5. The molecule has 5 rings (SSSR count). The second-order valence-corrected chi connectivity index (χ2v) is 7.84. The molecule has 0 aliphatic carbocycles. The Morgan fingerprint density at radius 2 is 1.76 bits per heavy atom. The minimum atomic E-state index is -0.461. The normalized spacial score (nSPS) is 11.2. The van der Waals surface area contributed by atoms with Gasteiger partial charge in [0, 0.05) is 16.8 Å². The summed E-state index contributed by atoms with van der Waals surface area (Å²) in [6.45, 7) is 0. The van der Waals surface area contributed by atoms with Gasteiger partial charge in [-0.05, 0) is 90.5 Å². The number of carbonyl (C=O) groups excluding carboxylic acids is 1. The molecule has 0 atom stereocenters. The van der Waals surface area contributed by atoms with E-state index in [1.165, 1.54) is 12.1 Å². The molecule has 7 heteroatoms. The predicted molar refractivity (Wildman–Crippen MR) is 130 cm³/mol. The van der Waals surface area contributed by atoms with Crippen LogP contribution >= 0.6 is 11.6 Å². The smallest absolute Gasteiger partial charge is 0.343 e. The second kappa shape index (κ2) is 9.29. The third kappa shape index (κ3) is 4.87. The van der Waals surface area contributed by atoms with Crippen molar-refractivity contribution in [2.24, 2.45) is 4.99 Å². The molecule has 0 saturated heterocycles. The van der Waals surface area contributed by atoms with E-state index in [2.05, 4.69) is 9.98 Å². The molecule has 166 valence electrons. The van der Waals surface area contributed by atoms with E-state index in [9.17, 15) is 9.18 Å². The Morgan fingerprint density at radius 3 is 2.53 bits per heavy atom. The largest absolute Gasteiger partial charge is 0.436 e. The Balaban J connectivity index is 1.28. The lowest BCUT2D eigenvalue weighted by molar-refractivity contribution is 0.0735. The number of aliphatic imine (C=N–C) groups is 1. The SMILES string of the molecule is O=C(Oc1ccc(C=Nc2ccc3oc(-c4cccc(F)c4)nc3c2)cc1)c1ccc(Cl)cc1. The summed E-state index contributed by atoms with van der Waals surface area (Å²) in [7, 11) is 0. The lowest BCUT2D eigenvalue weighted by Gasteiger charge is -2.04. The van der Waals surface area contributed by atoms with Crippen molar-refractivity contribution in [3.8, 4) is 17.2 Å². The van der Waals surface area contributed by atoms with Crippen LogP contribution in [0.15, 0.2) is 100 Å². The quantitative estimate of drug-likeness (QED) is 0.154. The van der Waals surface area contributed by atoms with Crippen LogP contribution in [0.5, 0.6) is 5.75 Å². The number of esters is 1. The van der Waals surface area contributed by atoms with Crippen LogP contribution in [0.25, 0.3) is 22.6 Å². The lowest BCUT2D eigenvalue weighted by atomic mass is 10.2. The Hall–Kier alpha value is -4.29. The highest BCUT2D eigenvalue weighted by Gasteiger charge is 2.10. The van der Waals surface area contributed by atoms with Gasteiger partial charge in [-0.3, -0.25) is 4.99 Å². The van der Waals surface area contributed by atoms with E-state index < -0.39 is 5.97 Å². The van der Waals surface area contributed by atoms with Gasteiger partial charge in [-0.1, -0.05) is 17.7 Å². The number of hydrogen-bond donors (Lipinski definition) is 0. The van der Waals surface area contributed by atoms with E-state index >= 15 is 0 Å². The van der Waals surface area contributed by atoms with Crippen LogP contribution in [-0.2, 0) is 0 Å². The predicted octanol–water partition coefficient (Wildman–Crippen LogP) is 7.26. The van der Waals surface area contributed by atoms with Gasteiger partial charge < -0.3 is 9.15 Å². The average Bonchev–Trinajstić information content (AvgIpc) is 3.28. The summed E-state index contributed by atoms with van der Waals surface area (Å²) in [4.78, 5) is 21.1. The van der Waals surface area contributed by atoms with Gasteiger partial charge in [0.25, 0.3) is 0 Å². The summed E-state index contributed by atoms with van der Waals surface area (Å²) in [5, 5.41) is 0.551. The van der Waals surface area contributed by atoms with Crippen molar-refractivity contribution in [1.29, 1.82) is 0 Å². The zero-order chi connectivity index (χ0) is 23.5. The fourth-order valence-electron chi connectivity index (χ4n) is 3.26. The molecule has 1 heterocycles. The van der Waals surface area contributed by atoms with Crippen molar-refractivity contribution in [3.05, 3.63) is 113 Å². The van der Waals surface area contributed by atoms with E-state index in [0.717, 1.165) is 5.56 Å². The number of carbonyl (C=O) groups is 1. The number of oxazole rings is 1. The number of hydrogen-bond acceptors (Lipinski definition) is 5. The Bertz CT molecular complexity index is 1510. The number of rotatable bonds is 5. The first-order valence-electron chi connectivity index (χ1n) is 10.3. The highest BCUT2D eigenvalue weighted by Crippen LogP contribution is 2.27. The highest BCUT2D eigenvalue weighted by atomic mass is 35.5. The molecular formula is C27H16ClFN2O3. The zero-order valence-electron chi connectivity index (χ0n) is 17.6. The van der Waals surface area contributed by atoms with Gasteiger partial charge >= 0.3 is 5.97 Å². The molecule has 0 N–H and O–H groups in total. The second-order valence-electron chi connectivity index (χ2n) is 7.41. The van der Waals surface area contributed by atoms with Gasteiger partial charge in [-0.2, -0.15) is 0 Å². The fraction of sp³-hybridized carbons (Fsp3) is 0. The van der Waals surface area contributed by atoms with Gasteiger partial charge in [0.2, 0.25) is 5.89 Å². The maximum atomic E-state index is 13.5. The minimum absolute atomic E-state index is 0.347. The molecule has 4 aromatic carbocycles. The monoisotopic (exact) mass is 470 g/mol. The first kappa shape index (κ1) is 21.6. The molecular weight excluding hydrogens is 455 g/mol. The van der Waals surface area contributed by atoms with Crippen molar-refractivity contribution < 1.29 is 18.3 Å². The zero-order valence-corrected chi connectivity index (χ0v) is 18.4. The Labute approximate surface area is 199 Å². The fourth-order valence-corrected chi connectivity index (χ4v) is 3.39. The van der Waals surface area contributed by atoms with Crippen molar-refractivity contribution in [2.45, 2.75) is 0 Å². The van der Waals surface area contributed by atoms with Crippen LogP contribution in [0, 0.1) is 5.82 Å². The molecule has 0 aliphatic heterocycles. The van der Waals surface area contributed by atoms with Gasteiger partial charge in [0.05, 0.1) is 11.3 Å². The molecule has 0 spiro atoms. The summed E-state index contributed by atoms with van der Waals surface area (Å²) in [5.74, 6) is -0.0437. The van der Waals surface area contributed by atoms with Crippen LogP contribution in [0.4, 0.5) is 10.1 Å². The summed E-state index contributed by atoms with van der Waals surface area (Å²) < 4.78 is 24.6. The number of ether oxygens (including phenoxy) is 1. The highest BCUT2D eigenvalue weighted by molar-refractivity contribution is 6.30. The van der Waals surface area contributed by atoms with E-state index in [0.29, 0.717) is 44.6 Å². The number of halogens is 2. The molecule has 0 unspecified atom stereocenters. The van der Waals surface area contributed by atoms with Gasteiger partial charge in [-0.15, -0.1) is 0 Å². The van der Waals surface area contributed by atoms with Gasteiger partial charge in [0.15, 0.2) is 5.58 Å². The van der Waals surface area contributed by atoms with E-state index in [1.54, 1.807) is 79.0 Å². The summed E-state index contributed by atoms with van der Waals surface area (Å²) in [6.07, 6.45) is 1.69. The molecule has 0 bridgehead atoms. The van der Waals surface area contributed by atoms with Crippen LogP contribution < -0.4 is 4.74 Å². The van der Waals surface area contributed by atoms with Gasteiger partial charge in [0.1, 0.15) is 17.1 Å². The summed E-state index contributed by atoms with van der Waals surface area (Å²) >= 11 is 5.84. The number of benzene rings is 4. The minimum Gasteiger partial charge on any atom is -0.436 e. The van der Waals surface area contributed by atoms with Crippen molar-refractivity contribution in [2.75, 3.05) is 0 Å². The van der Waals surface area contributed by atoms with E-state index in [4.69, 9.17) is 20.8 Å². The Morgan fingerprint density at radius 1 is 0.971 bits per heavy atom. The number of nitrogens with zero attached hydrogens (tertiary/aromatic N) is 2. The summed E-state index contributed by atoms with van der Waals surface area (Å²) in [5.41, 5.74) is 3.71. The molecule has 0 fully saturated rings.